The highest BCUT2D eigenvalue weighted by atomic mass is 35.5. The summed E-state index contributed by atoms with van der Waals surface area (Å²) in [5, 5.41) is 1.23. The Morgan fingerprint density at radius 3 is 2.67 bits per heavy atom. The number of benzene rings is 1. The Morgan fingerprint density at radius 2 is 2.11 bits per heavy atom. The Labute approximate surface area is 120 Å². The zero-order chi connectivity index (χ0) is 13.1. The van der Waals surface area contributed by atoms with E-state index in [-0.39, 0.29) is 5.25 Å². The normalized spacial score (nSPS) is 22.7. The van der Waals surface area contributed by atoms with Crippen LogP contribution in [0.3, 0.4) is 0 Å². The van der Waals surface area contributed by atoms with Gasteiger partial charge in [-0.3, -0.25) is 0 Å². The number of aldehydes is 1. The van der Waals surface area contributed by atoms with Gasteiger partial charge >= 0.3 is 0 Å². The molecule has 1 aromatic carbocycles. The summed E-state index contributed by atoms with van der Waals surface area (Å²) in [6.07, 6.45) is 0.842. The molecular weight excluding hydrogens is 291 g/mol. The molecule has 0 bridgehead atoms. The molecule has 3 nitrogen and oxygen atoms in total. The number of nitrogens with zero attached hydrogens (tertiary/aromatic N) is 2. The third-order valence-corrected chi connectivity index (χ3v) is 4.58. The van der Waals surface area contributed by atoms with E-state index in [1.807, 2.05) is 36.2 Å². The largest absolute Gasteiger partial charge is 0.350 e. The minimum Gasteiger partial charge on any atom is -0.350 e. The molecule has 6 heteroatoms. The van der Waals surface area contributed by atoms with Crippen LogP contribution in [-0.2, 0) is 11.3 Å². The number of hydrogen-bond acceptors (Lipinski definition) is 4. The predicted molar refractivity (Wildman–Crippen MR) is 77.4 cm³/mol. The van der Waals surface area contributed by atoms with Gasteiger partial charge in [-0.15, -0.1) is 0 Å². The Morgan fingerprint density at radius 1 is 1.44 bits per heavy atom. The topological polar surface area (TPSA) is 32.7 Å². The van der Waals surface area contributed by atoms with E-state index in [0.717, 1.165) is 22.0 Å². The van der Waals surface area contributed by atoms with Gasteiger partial charge in [0.1, 0.15) is 17.0 Å². The van der Waals surface area contributed by atoms with E-state index in [9.17, 15) is 4.79 Å². The van der Waals surface area contributed by atoms with Gasteiger partial charge in [0.2, 0.25) is 0 Å². The third-order valence-electron chi connectivity index (χ3n) is 2.54. The quantitative estimate of drug-likeness (QED) is 0.489. The van der Waals surface area contributed by atoms with Crippen LogP contribution in [0.25, 0.3) is 0 Å². The van der Waals surface area contributed by atoms with Crippen LogP contribution >= 0.6 is 35.0 Å². The first-order valence-electron chi connectivity index (χ1n) is 5.39. The van der Waals surface area contributed by atoms with Crippen molar-refractivity contribution in [2.24, 2.45) is 4.99 Å². The molecule has 96 valence electrons. The third kappa shape index (κ3) is 3.19. The molecular formula is C12H12Cl2N2OS. The molecule has 1 aliphatic rings. The molecule has 1 aromatic rings. The fourth-order valence-electron chi connectivity index (χ4n) is 1.60. The average molecular weight is 303 g/mol. The van der Waals surface area contributed by atoms with E-state index in [1.54, 1.807) is 0 Å². The first-order chi connectivity index (χ1) is 8.60. The molecule has 0 saturated heterocycles. The first kappa shape index (κ1) is 13.7. The number of thioether (sulfide) groups is 1. The van der Waals surface area contributed by atoms with Gasteiger partial charge in [0.25, 0.3) is 0 Å². The number of rotatable bonds is 3. The molecule has 0 N–H and O–H groups in total. The molecule has 2 atom stereocenters. The van der Waals surface area contributed by atoms with Gasteiger partial charge < -0.3 is 9.69 Å². The van der Waals surface area contributed by atoms with E-state index in [2.05, 4.69) is 4.99 Å². The van der Waals surface area contributed by atoms with E-state index in [4.69, 9.17) is 23.2 Å². The van der Waals surface area contributed by atoms with Crippen LogP contribution in [0, 0.1) is 0 Å². The van der Waals surface area contributed by atoms with Crippen molar-refractivity contribution >= 4 is 46.4 Å². The van der Waals surface area contributed by atoms with Crippen molar-refractivity contribution in [3.05, 3.63) is 34.9 Å². The van der Waals surface area contributed by atoms with Crippen molar-refractivity contribution < 1.29 is 4.79 Å². The molecule has 2 unspecified atom stereocenters. The summed E-state index contributed by atoms with van der Waals surface area (Å²) in [7, 11) is 1.93. The first-order valence-corrected chi connectivity index (χ1v) is 7.09. The van der Waals surface area contributed by atoms with Crippen molar-refractivity contribution in [1.82, 2.24) is 4.90 Å². The molecule has 2 rings (SSSR count). The molecule has 18 heavy (non-hydrogen) atoms. The monoisotopic (exact) mass is 302 g/mol. The maximum Gasteiger partial charge on any atom is 0.161 e. The van der Waals surface area contributed by atoms with E-state index >= 15 is 0 Å². The van der Waals surface area contributed by atoms with Gasteiger partial charge in [-0.1, -0.05) is 47.1 Å². The van der Waals surface area contributed by atoms with Crippen LogP contribution in [0.1, 0.15) is 5.56 Å². The SMILES string of the molecule is CN(Cc1ccc(Cl)cc1)C1=NC(Cl)C(C=O)S1. The smallest absolute Gasteiger partial charge is 0.161 e. The number of amidine groups is 1. The highest BCUT2D eigenvalue weighted by Gasteiger charge is 2.29. The van der Waals surface area contributed by atoms with Gasteiger partial charge in [-0.05, 0) is 17.7 Å². The molecule has 0 aliphatic carbocycles. The van der Waals surface area contributed by atoms with Crippen molar-refractivity contribution in [3.8, 4) is 0 Å². The van der Waals surface area contributed by atoms with Gasteiger partial charge in [0, 0.05) is 18.6 Å². The predicted octanol–water partition coefficient (Wildman–Crippen LogP) is 3.01. The Balaban J connectivity index is 2.00. The standard InChI is InChI=1S/C12H12Cl2N2OS/c1-16(6-8-2-4-9(13)5-3-8)12-15-11(14)10(7-17)18-12/h2-5,7,10-11H,6H2,1H3. The van der Waals surface area contributed by atoms with Crippen LogP contribution < -0.4 is 0 Å². The molecule has 0 fully saturated rings. The van der Waals surface area contributed by atoms with Crippen LogP contribution in [-0.4, -0.2) is 34.2 Å². The fraction of sp³-hybridized carbons (Fsp3) is 0.333. The highest BCUT2D eigenvalue weighted by Crippen LogP contribution is 2.29. The molecule has 0 spiro atoms. The number of hydrogen-bond donors (Lipinski definition) is 0. The summed E-state index contributed by atoms with van der Waals surface area (Å²) < 4.78 is 0. The number of carbonyl (C=O) groups is 1. The lowest BCUT2D eigenvalue weighted by molar-refractivity contribution is -0.107. The van der Waals surface area contributed by atoms with Gasteiger partial charge in [0.15, 0.2) is 5.17 Å². The lowest BCUT2D eigenvalue weighted by Gasteiger charge is -2.18. The van der Waals surface area contributed by atoms with E-state index in [0.29, 0.717) is 6.54 Å². The molecule has 0 saturated carbocycles. The zero-order valence-corrected chi connectivity index (χ0v) is 12.0. The number of carbonyl (C=O) groups excluding carboxylic acids is 1. The Kier molecular flexibility index (Phi) is 4.54. The fourth-order valence-corrected chi connectivity index (χ4v) is 2.98. The van der Waals surface area contributed by atoms with Gasteiger partial charge in [0.05, 0.1) is 0 Å². The number of halogens is 2. The molecule has 0 amide bonds. The van der Waals surface area contributed by atoms with Crippen molar-refractivity contribution in [3.63, 3.8) is 0 Å². The summed E-state index contributed by atoms with van der Waals surface area (Å²) in [4.78, 5) is 17.0. The van der Waals surface area contributed by atoms with Crippen LogP contribution in [0.2, 0.25) is 5.02 Å². The van der Waals surface area contributed by atoms with Crippen molar-refractivity contribution in [2.75, 3.05) is 7.05 Å². The Bertz CT molecular complexity index is 464. The molecule has 1 aliphatic heterocycles. The van der Waals surface area contributed by atoms with E-state index in [1.165, 1.54) is 11.8 Å². The second-order valence-electron chi connectivity index (χ2n) is 3.99. The maximum absolute atomic E-state index is 10.8. The minimum absolute atomic E-state index is 0.283. The minimum atomic E-state index is -0.463. The summed E-state index contributed by atoms with van der Waals surface area (Å²) in [6.45, 7) is 0.707. The summed E-state index contributed by atoms with van der Waals surface area (Å²) in [5.74, 6) is 0. The lowest BCUT2D eigenvalue weighted by Crippen LogP contribution is -2.22. The van der Waals surface area contributed by atoms with Crippen LogP contribution in [0.4, 0.5) is 0 Å². The highest BCUT2D eigenvalue weighted by molar-refractivity contribution is 8.15. The van der Waals surface area contributed by atoms with Gasteiger partial charge in [-0.2, -0.15) is 0 Å². The molecule has 0 aromatic heterocycles. The number of aliphatic imine (C=N–C) groups is 1. The maximum atomic E-state index is 10.8. The van der Waals surface area contributed by atoms with Gasteiger partial charge in [-0.25, -0.2) is 4.99 Å². The van der Waals surface area contributed by atoms with Crippen molar-refractivity contribution in [1.29, 1.82) is 0 Å². The van der Waals surface area contributed by atoms with Crippen molar-refractivity contribution in [2.45, 2.75) is 17.3 Å². The average Bonchev–Trinajstić information content (AvgIpc) is 2.73. The lowest BCUT2D eigenvalue weighted by atomic mass is 10.2. The Hall–Kier alpha value is -0.710. The van der Waals surface area contributed by atoms with Crippen LogP contribution in [0.5, 0.6) is 0 Å². The second-order valence-corrected chi connectivity index (χ2v) is 6.01. The summed E-state index contributed by atoms with van der Waals surface area (Å²) in [6, 6.07) is 7.64. The van der Waals surface area contributed by atoms with Crippen LogP contribution in [0.15, 0.2) is 29.3 Å². The summed E-state index contributed by atoms with van der Waals surface area (Å²) >= 11 is 13.2. The molecule has 0 radical (unpaired) electrons. The second kappa shape index (κ2) is 5.95. The number of alkyl halides is 1. The van der Waals surface area contributed by atoms with E-state index < -0.39 is 5.50 Å². The molecule has 1 heterocycles. The summed E-state index contributed by atoms with van der Waals surface area (Å²) in [5.41, 5.74) is 0.668. The zero-order valence-electron chi connectivity index (χ0n) is 9.72.